The SMILES string of the molecule is BrCOc1ccccc1N(c1ccccc1)c1ccccc1. The summed E-state index contributed by atoms with van der Waals surface area (Å²) in [6.07, 6.45) is 0. The van der Waals surface area contributed by atoms with Gasteiger partial charge < -0.3 is 9.64 Å². The number of rotatable bonds is 5. The van der Waals surface area contributed by atoms with Crippen LogP contribution in [0.3, 0.4) is 0 Å². The van der Waals surface area contributed by atoms with Crippen molar-refractivity contribution in [3.8, 4) is 5.75 Å². The zero-order valence-corrected chi connectivity index (χ0v) is 13.6. The van der Waals surface area contributed by atoms with Crippen LogP contribution in [0.2, 0.25) is 0 Å². The second kappa shape index (κ2) is 7.14. The molecule has 0 N–H and O–H groups in total. The lowest BCUT2D eigenvalue weighted by Crippen LogP contribution is -2.11. The van der Waals surface area contributed by atoms with Crippen molar-refractivity contribution in [2.45, 2.75) is 0 Å². The van der Waals surface area contributed by atoms with Crippen molar-refractivity contribution in [1.29, 1.82) is 0 Å². The minimum absolute atomic E-state index is 0.460. The average molecular weight is 354 g/mol. The highest BCUT2D eigenvalue weighted by molar-refractivity contribution is 9.09. The number of hydrogen-bond acceptors (Lipinski definition) is 2. The predicted octanol–water partition coefficient (Wildman–Crippen LogP) is 5.89. The zero-order chi connectivity index (χ0) is 15.2. The molecule has 110 valence electrons. The van der Waals surface area contributed by atoms with E-state index in [9.17, 15) is 0 Å². The van der Waals surface area contributed by atoms with E-state index in [1.165, 1.54) is 0 Å². The third-order valence-electron chi connectivity index (χ3n) is 3.35. The lowest BCUT2D eigenvalue weighted by Gasteiger charge is -2.27. The number of ether oxygens (including phenoxy) is 1. The van der Waals surface area contributed by atoms with Crippen LogP contribution >= 0.6 is 15.9 Å². The fourth-order valence-electron chi connectivity index (χ4n) is 2.40. The van der Waals surface area contributed by atoms with E-state index in [2.05, 4.69) is 51.2 Å². The van der Waals surface area contributed by atoms with Crippen LogP contribution in [0.1, 0.15) is 0 Å². The molecule has 0 bridgehead atoms. The standard InChI is InChI=1S/C19H16BrNO/c20-15-22-19-14-8-7-13-18(19)21(16-9-3-1-4-10-16)17-11-5-2-6-12-17/h1-14H,15H2. The van der Waals surface area contributed by atoms with Crippen LogP contribution in [0.4, 0.5) is 17.1 Å². The van der Waals surface area contributed by atoms with Crippen molar-refractivity contribution >= 4 is 33.0 Å². The molecule has 2 nitrogen and oxygen atoms in total. The van der Waals surface area contributed by atoms with Gasteiger partial charge in [-0.15, -0.1) is 0 Å². The van der Waals surface area contributed by atoms with Crippen LogP contribution in [0.15, 0.2) is 84.9 Å². The first kappa shape index (κ1) is 14.7. The average Bonchev–Trinajstić information content (AvgIpc) is 2.59. The van der Waals surface area contributed by atoms with Gasteiger partial charge in [-0.25, -0.2) is 0 Å². The molecule has 0 heterocycles. The molecule has 0 saturated carbocycles. The summed E-state index contributed by atoms with van der Waals surface area (Å²) in [5.74, 6) is 0.840. The van der Waals surface area contributed by atoms with Crippen LogP contribution in [-0.4, -0.2) is 5.52 Å². The third kappa shape index (κ3) is 3.15. The predicted molar refractivity (Wildman–Crippen MR) is 95.5 cm³/mol. The Morgan fingerprint density at radius 2 is 1.18 bits per heavy atom. The van der Waals surface area contributed by atoms with E-state index in [1.54, 1.807) is 0 Å². The molecular formula is C19H16BrNO. The van der Waals surface area contributed by atoms with E-state index in [0.717, 1.165) is 22.8 Å². The minimum atomic E-state index is 0.460. The quantitative estimate of drug-likeness (QED) is 0.530. The van der Waals surface area contributed by atoms with E-state index in [4.69, 9.17) is 4.74 Å². The van der Waals surface area contributed by atoms with Crippen molar-refractivity contribution in [2.75, 3.05) is 10.4 Å². The second-order valence-electron chi connectivity index (χ2n) is 4.73. The Labute approximate surface area is 139 Å². The van der Waals surface area contributed by atoms with Crippen molar-refractivity contribution in [3.05, 3.63) is 84.9 Å². The highest BCUT2D eigenvalue weighted by atomic mass is 79.9. The number of anilines is 3. The molecule has 0 unspecified atom stereocenters. The molecule has 0 saturated heterocycles. The first-order chi connectivity index (χ1) is 10.9. The van der Waals surface area contributed by atoms with Gasteiger partial charge in [0, 0.05) is 11.4 Å². The van der Waals surface area contributed by atoms with Crippen LogP contribution in [0.5, 0.6) is 5.75 Å². The summed E-state index contributed by atoms with van der Waals surface area (Å²) in [7, 11) is 0. The van der Waals surface area contributed by atoms with Gasteiger partial charge in [0.25, 0.3) is 0 Å². The normalized spacial score (nSPS) is 10.2. The van der Waals surface area contributed by atoms with Gasteiger partial charge in [0.15, 0.2) is 0 Å². The highest BCUT2D eigenvalue weighted by Crippen LogP contribution is 2.39. The molecule has 0 radical (unpaired) electrons. The summed E-state index contributed by atoms with van der Waals surface area (Å²) < 4.78 is 5.74. The Morgan fingerprint density at radius 1 is 0.682 bits per heavy atom. The number of hydrogen-bond donors (Lipinski definition) is 0. The maximum Gasteiger partial charge on any atom is 0.144 e. The molecule has 3 rings (SSSR count). The molecule has 3 heteroatoms. The van der Waals surface area contributed by atoms with Gasteiger partial charge in [-0.05, 0) is 52.3 Å². The lowest BCUT2D eigenvalue weighted by atomic mass is 10.2. The van der Waals surface area contributed by atoms with E-state index in [0.29, 0.717) is 5.52 Å². The van der Waals surface area contributed by atoms with Crippen molar-refractivity contribution in [3.63, 3.8) is 0 Å². The Hall–Kier alpha value is -2.26. The van der Waals surface area contributed by atoms with Gasteiger partial charge in [0.05, 0.1) is 5.69 Å². The molecule has 0 aromatic heterocycles. The molecule has 3 aromatic rings. The molecule has 0 aliphatic rings. The van der Waals surface area contributed by atoms with Crippen molar-refractivity contribution in [1.82, 2.24) is 0 Å². The first-order valence-corrected chi connectivity index (χ1v) is 8.20. The first-order valence-electron chi connectivity index (χ1n) is 7.08. The van der Waals surface area contributed by atoms with Gasteiger partial charge in [-0.3, -0.25) is 0 Å². The number of halogens is 1. The molecule has 0 aliphatic carbocycles. The highest BCUT2D eigenvalue weighted by Gasteiger charge is 2.15. The Morgan fingerprint density at radius 3 is 1.73 bits per heavy atom. The molecule has 0 fully saturated rings. The fourth-order valence-corrected chi connectivity index (χ4v) is 2.65. The van der Waals surface area contributed by atoms with Crippen LogP contribution < -0.4 is 9.64 Å². The maximum atomic E-state index is 5.74. The Kier molecular flexibility index (Phi) is 4.76. The van der Waals surface area contributed by atoms with Gasteiger partial charge in [-0.2, -0.15) is 0 Å². The summed E-state index contributed by atoms with van der Waals surface area (Å²) in [4.78, 5) is 2.19. The fraction of sp³-hybridized carbons (Fsp3) is 0.0526. The van der Waals surface area contributed by atoms with E-state index >= 15 is 0 Å². The topological polar surface area (TPSA) is 12.5 Å². The van der Waals surface area contributed by atoms with E-state index < -0.39 is 0 Å². The number of benzene rings is 3. The lowest BCUT2D eigenvalue weighted by molar-refractivity contribution is 0.399. The van der Waals surface area contributed by atoms with Crippen LogP contribution in [0, 0.1) is 0 Å². The molecule has 0 amide bonds. The monoisotopic (exact) mass is 353 g/mol. The molecule has 3 aromatic carbocycles. The Bertz CT molecular complexity index is 676. The summed E-state index contributed by atoms with van der Waals surface area (Å²) in [5, 5.41) is 0. The summed E-state index contributed by atoms with van der Waals surface area (Å²) in [6.45, 7) is 0. The van der Waals surface area contributed by atoms with Crippen molar-refractivity contribution in [2.24, 2.45) is 0 Å². The number of para-hydroxylation sites is 4. The molecular weight excluding hydrogens is 338 g/mol. The second-order valence-corrected chi connectivity index (χ2v) is 5.19. The van der Waals surface area contributed by atoms with Crippen LogP contribution in [0.25, 0.3) is 0 Å². The number of nitrogens with zero attached hydrogens (tertiary/aromatic N) is 1. The summed E-state index contributed by atoms with van der Waals surface area (Å²) in [6, 6.07) is 28.6. The van der Waals surface area contributed by atoms with E-state index in [1.807, 2.05) is 54.6 Å². The smallest absolute Gasteiger partial charge is 0.144 e. The Balaban J connectivity index is 2.15. The van der Waals surface area contributed by atoms with E-state index in [-0.39, 0.29) is 0 Å². The van der Waals surface area contributed by atoms with Crippen molar-refractivity contribution < 1.29 is 4.74 Å². The van der Waals surface area contributed by atoms with Gasteiger partial charge in [0.2, 0.25) is 0 Å². The summed E-state index contributed by atoms with van der Waals surface area (Å²) in [5.41, 5.74) is 3.67. The molecule has 0 atom stereocenters. The molecule has 0 spiro atoms. The zero-order valence-electron chi connectivity index (χ0n) is 12.0. The minimum Gasteiger partial charge on any atom is -0.480 e. The van der Waals surface area contributed by atoms with Crippen LogP contribution in [-0.2, 0) is 0 Å². The van der Waals surface area contributed by atoms with Gasteiger partial charge in [0.1, 0.15) is 11.3 Å². The van der Waals surface area contributed by atoms with Gasteiger partial charge >= 0.3 is 0 Å². The largest absolute Gasteiger partial charge is 0.480 e. The third-order valence-corrected chi connectivity index (χ3v) is 3.57. The molecule has 22 heavy (non-hydrogen) atoms. The summed E-state index contributed by atoms with van der Waals surface area (Å²) >= 11 is 3.34. The number of alkyl halides is 1. The van der Waals surface area contributed by atoms with Gasteiger partial charge in [-0.1, -0.05) is 48.5 Å². The maximum absolute atomic E-state index is 5.74. The molecule has 0 aliphatic heterocycles.